The highest BCUT2D eigenvalue weighted by molar-refractivity contribution is 5.85. The molecule has 112 valence electrons. The number of carbonyl (C=O) groups is 3. The lowest BCUT2D eigenvalue weighted by atomic mass is 10.4. The average Bonchev–Trinajstić information content (AvgIpc) is 3.08. The van der Waals surface area contributed by atoms with Gasteiger partial charge in [0, 0.05) is 0 Å². The monoisotopic (exact) mass is 302 g/mol. The van der Waals surface area contributed by atoms with E-state index in [0.29, 0.717) is 6.29 Å². The van der Waals surface area contributed by atoms with Crippen molar-refractivity contribution in [3.63, 3.8) is 0 Å². The van der Waals surface area contributed by atoms with Gasteiger partial charge < -0.3 is 19.0 Å². The van der Waals surface area contributed by atoms with Crippen LogP contribution < -0.4 is 0 Å². The third-order valence-corrected chi connectivity index (χ3v) is 2.01. The maximum Gasteiger partial charge on any atom is 0.371 e. The van der Waals surface area contributed by atoms with Crippen LogP contribution >= 0.6 is 0 Å². The van der Waals surface area contributed by atoms with Crippen LogP contribution in [0, 0.1) is 0 Å². The summed E-state index contributed by atoms with van der Waals surface area (Å²) in [4.78, 5) is 30.2. The molecule has 2 N–H and O–H groups in total. The van der Waals surface area contributed by atoms with Crippen LogP contribution in [0.4, 0.5) is 8.78 Å². The number of hydrogen-bond acceptors (Lipinski definition) is 5. The second kappa shape index (κ2) is 6.98. The summed E-state index contributed by atoms with van der Waals surface area (Å²) in [5.41, 5.74) is 0. The van der Waals surface area contributed by atoms with Gasteiger partial charge in [0.2, 0.25) is 11.5 Å². The Morgan fingerprint density at radius 1 is 1.00 bits per heavy atom. The lowest BCUT2D eigenvalue weighted by molar-refractivity contribution is 0.0639. The molecule has 0 saturated heterocycles. The summed E-state index contributed by atoms with van der Waals surface area (Å²) >= 11 is 0. The highest BCUT2D eigenvalue weighted by atomic mass is 19.3. The number of alkyl halides is 2. The van der Waals surface area contributed by atoms with Crippen LogP contribution in [0.3, 0.4) is 0 Å². The van der Waals surface area contributed by atoms with Crippen LogP contribution in [0.2, 0.25) is 0 Å². The zero-order valence-corrected chi connectivity index (χ0v) is 10.2. The molecule has 0 aliphatic carbocycles. The summed E-state index contributed by atoms with van der Waals surface area (Å²) in [5.74, 6) is -3.81. The molecule has 0 bridgehead atoms. The van der Waals surface area contributed by atoms with Crippen molar-refractivity contribution in [3.05, 3.63) is 47.3 Å². The van der Waals surface area contributed by atoms with Crippen LogP contribution in [0.25, 0.3) is 0 Å². The third-order valence-electron chi connectivity index (χ3n) is 2.01. The van der Waals surface area contributed by atoms with E-state index >= 15 is 0 Å². The van der Waals surface area contributed by atoms with Crippen molar-refractivity contribution in [1.82, 2.24) is 0 Å². The molecule has 0 spiro atoms. The van der Waals surface area contributed by atoms with Crippen LogP contribution in [0.1, 0.15) is 43.9 Å². The first kappa shape index (κ1) is 16.1. The molecule has 0 aliphatic heterocycles. The largest absolute Gasteiger partial charge is 0.475 e. The smallest absolute Gasteiger partial charge is 0.371 e. The summed E-state index contributed by atoms with van der Waals surface area (Å²) < 4.78 is 32.3. The van der Waals surface area contributed by atoms with E-state index in [0.717, 1.165) is 12.1 Å². The lowest BCUT2D eigenvalue weighted by Crippen LogP contribution is -1.91. The molecule has 9 heteroatoms. The fourth-order valence-corrected chi connectivity index (χ4v) is 1.12. The Morgan fingerprint density at radius 3 is 1.81 bits per heavy atom. The molecule has 0 amide bonds. The molecule has 2 heterocycles. The van der Waals surface area contributed by atoms with Crippen molar-refractivity contribution >= 4 is 18.2 Å². The molecule has 2 rings (SSSR count). The molecule has 2 aromatic heterocycles. The van der Waals surface area contributed by atoms with Crippen LogP contribution in [-0.4, -0.2) is 28.4 Å². The second-order valence-electron chi connectivity index (χ2n) is 3.43. The molecule has 0 atom stereocenters. The molecule has 21 heavy (non-hydrogen) atoms. The van der Waals surface area contributed by atoms with Crippen molar-refractivity contribution in [3.8, 4) is 0 Å². The summed E-state index contributed by atoms with van der Waals surface area (Å²) in [6, 6.07) is 4.46. The number of furan rings is 2. The minimum Gasteiger partial charge on any atom is -0.475 e. The number of halogens is 2. The maximum absolute atomic E-state index is 11.8. The molecular formula is C12H8F2O7. The van der Waals surface area contributed by atoms with E-state index in [2.05, 4.69) is 8.83 Å². The second-order valence-corrected chi connectivity index (χ2v) is 3.43. The quantitative estimate of drug-likeness (QED) is 0.833. The zero-order chi connectivity index (χ0) is 16.0. The fraction of sp³-hybridized carbons (Fsp3) is 0.0833. The van der Waals surface area contributed by atoms with Gasteiger partial charge in [0.15, 0.2) is 17.8 Å². The van der Waals surface area contributed by atoms with Gasteiger partial charge in [-0.1, -0.05) is 0 Å². The van der Waals surface area contributed by atoms with E-state index in [4.69, 9.17) is 10.2 Å². The van der Waals surface area contributed by atoms with E-state index in [-0.39, 0.29) is 11.5 Å². The first-order chi connectivity index (χ1) is 9.85. The molecule has 0 radical (unpaired) electrons. The first-order valence-corrected chi connectivity index (χ1v) is 5.24. The minimum atomic E-state index is -2.76. The summed E-state index contributed by atoms with van der Waals surface area (Å²) in [5, 5.41) is 16.5. The van der Waals surface area contributed by atoms with Crippen LogP contribution in [0.15, 0.2) is 33.1 Å². The van der Waals surface area contributed by atoms with Gasteiger partial charge in [-0.25, -0.2) is 18.4 Å². The SMILES string of the molecule is O=C(O)c1ccc(C(F)F)o1.O=Cc1ccc(C(=O)O)o1. The topological polar surface area (TPSA) is 118 Å². The standard InChI is InChI=1S/C6H4F2O3.C6H4O4/c7-5(8)3-1-2-4(11-3)6(9)10;7-3-4-1-2-5(10-4)6(8)9/h1-2,5H,(H,9,10);1-3H,(H,8,9). The Hall–Kier alpha value is -2.97. The highest BCUT2D eigenvalue weighted by Crippen LogP contribution is 2.20. The van der Waals surface area contributed by atoms with Crippen molar-refractivity contribution in [1.29, 1.82) is 0 Å². The van der Waals surface area contributed by atoms with E-state index in [1.807, 2.05) is 0 Å². The molecule has 2 aromatic rings. The number of carboxylic acid groups (broad SMARTS) is 2. The average molecular weight is 302 g/mol. The summed E-state index contributed by atoms with van der Waals surface area (Å²) in [7, 11) is 0. The fourth-order valence-electron chi connectivity index (χ4n) is 1.12. The number of aldehydes is 1. The van der Waals surface area contributed by atoms with E-state index in [1.165, 1.54) is 12.1 Å². The van der Waals surface area contributed by atoms with Gasteiger partial charge in [-0.2, -0.15) is 0 Å². The molecule has 0 aromatic carbocycles. The number of aromatic carboxylic acids is 2. The normalized spacial score (nSPS) is 9.86. The van der Waals surface area contributed by atoms with Gasteiger partial charge >= 0.3 is 11.9 Å². The molecule has 0 fully saturated rings. The number of carbonyl (C=O) groups excluding carboxylic acids is 1. The number of rotatable bonds is 4. The Balaban J connectivity index is 0.000000211. The minimum absolute atomic E-state index is 0.0254. The van der Waals surface area contributed by atoms with E-state index in [1.54, 1.807) is 0 Å². The first-order valence-electron chi connectivity index (χ1n) is 5.24. The van der Waals surface area contributed by atoms with Crippen LogP contribution in [0.5, 0.6) is 0 Å². The predicted molar refractivity (Wildman–Crippen MR) is 61.7 cm³/mol. The highest BCUT2D eigenvalue weighted by Gasteiger charge is 2.15. The van der Waals surface area contributed by atoms with Gasteiger partial charge in [-0.15, -0.1) is 0 Å². The summed E-state index contributed by atoms with van der Waals surface area (Å²) in [6.45, 7) is 0. The Kier molecular flexibility index (Phi) is 5.35. The Morgan fingerprint density at radius 2 is 1.52 bits per heavy atom. The van der Waals surface area contributed by atoms with Gasteiger partial charge in [0.25, 0.3) is 6.43 Å². The van der Waals surface area contributed by atoms with Gasteiger partial charge in [-0.3, -0.25) is 4.79 Å². The molecule has 0 aliphatic rings. The van der Waals surface area contributed by atoms with Crippen molar-refractivity contribution < 1.29 is 42.2 Å². The maximum atomic E-state index is 11.8. The van der Waals surface area contributed by atoms with Crippen molar-refractivity contribution in [2.24, 2.45) is 0 Å². The number of carboxylic acids is 2. The van der Waals surface area contributed by atoms with Gasteiger partial charge in [-0.05, 0) is 24.3 Å². The Labute approximate surface area is 115 Å². The number of hydrogen-bond donors (Lipinski definition) is 2. The van der Waals surface area contributed by atoms with Crippen molar-refractivity contribution in [2.45, 2.75) is 6.43 Å². The molecule has 7 nitrogen and oxygen atoms in total. The van der Waals surface area contributed by atoms with Crippen molar-refractivity contribution in [2.75, 3.05) is 0 Å². The summed E-state index contributed by atoms with van der Waals surface area (Å²) in [6.07, 6.45) is -2.31. The van der Waals surface area contributed by atoms with Gasteiger partial charge in [0.1, 0.15) is 0 Å². The lowest BCUT2D eigenvalue weighted by Gasteiger charge is -1.89. The van der Waals surface area contributed by atoms with Crippen LogP contribution in [-0.2, 0) is 0 Å². The van der Waals surface area contributed by atoms with Gasteiger partial charge in [0.05, 0.1) is 0 Å². The molecule has 0 unspecified atom stereocenters. The van der Waals surface area contributed by atoms with E-state index < -0.39 is 29.9 Å². The zero-order valence-electron chi connectivity index (χ0n) is 10.2. The predicted octanol–water partition coefficient (Wildman–Crippen LogP) is 2.71. The van der Waals surface area contributed by atoms with E-state index in [9.17, 15) is 23.2 Å². The third kappa shape index (κ3) is 4.56. The molecule has 0 saturated carbocycles. The molecular weight excluding hydrogens is 294 g/mol. The Bertz CT molecular complexity index is 642.